The maximum absolute atomic E-state index is 12.5. The molecule has 142 valence electrons. The molecule has 0 bridgehead atoms. The first-order valence-electron chi connectivity index (χ1n) is 9.62. The average Bonchev–Trinajstić information content (AvgIpc) is 2.67. The van der Waals surface area contributed by atoms with Crippen LogP contribution in [-0.2, 0) is 11.3 Å². The fraction of sp³-hybridized carbons (Fsp3) is 0.550. The molecule has 7 nitrogen and oxygen atoms in total. The number of rotatable bonds is 3. The number of aryl methyl sites for hydroxylation is 2. The summed E-state index contributed by atoms with van der Waals surface area (Å²) >= 11 is 0. The minimum Gasteiger partial charge on any atom is -0.356 e. The van der Waals surface area contributed by atoms with Crippen LogP contribution in [0.1, 0.15) is 42.8 Å². The third-order valence-corrected chi connectivity index (χ3v) is 5.87. The van der Waals surface area contributed by atoms with Gasteiger partial charge in [0.2, 0.25) is 5.91 Å². The molecule has 0 aromatic carbocycles. The molecule has 0 radical (unpaired) electrons. The van der Waals surface area contributed by atoms with Crippen LogP contribution >= 0.6 is 0 Å². The second-order valence-corrected chi connectivity index (χ2v) is 7.90. The number of hydrogen-bond donors (Lipinski definition) is 0. The highest BCUT2D eigenvalue weighted by Gasteiger charge is 2.41. The Morgan fingerprint density at radius 3 is 2.52 bits per heavy atom. The zero-order valence-corrected chi connectivity index (χ0v) is 16.1. The minimum absolute atomic E-state index is 0.213. The highest BCUT2D eigenvalue weighted by molar-refractivity contribution is 5.77. The van der Waals surface area contributed by atoms with Gasteiger partial charge >= 0.3 is 0 Å². The normalized spacial score (nSPS) is 19.6. The van der Waals surface area contributed by atoms with E-state index >= 15 is 0 Å². The highest BCUT2D eigenvalue weighted by atomic mass is 16.2. The molecule has 1 spiro atoms. The minimum atomic E-state index is 0.213. The van der Waals surface area contributed by atoms with Gasteiger partial charge in [-0.05, 0) is 38.5 Å². The number of amides is 1. The van der Waals surface area contributed by atoms with Crippen LogP contribution < -0.4 is 4.90 Å². The summed E-state index contributed by atoms with van der Waals surface area (Å²) in [6, 6.07) is 2.05. The zero-order valence-electron chi connectivity index (χ0n) is 16.1. The van der Waals surface area contributed by atoms with Crippen molar-refractivity contribution in [3.05, 3.63) is 41.9 Å². The van der Waals surface area contributed by atoms with Crippen LogP contribution in [0, 0.1) is 19.3 Å². The van der Waals surface area contributed by atoms with Crippen LogP contribution in [0.3, 0.4) is 0 Å². The summed E-state index contributed by atoms with van der Waals surface area (Å²) in [7, 11) is 0. The molecule has 0 aliphatic carbocycles. The molecule has 2 aromatic heterocycles. The van der Waals surface area contributed by atoms with Crippen molar-refractivity contribution in [1.29, 1.82) is 0 Å². The largest absolute Gasteiger partial charge is 0.356 e. The van der Waals surface area contributed by atoms with E-state index in [0.717, 1.165) is 61.8 Å². The summed E-state index contributed by atoms with van der Waals surface area (Å²) in [5.41, 5.74) is 2.96. The van der Waals surface area contributed by atoms with Gasteiger partial charge in [0.15, 0.2) is 0 Å². The van der Waals surface area contributed by atoms with Crippen LogP contribution in [0.15, 0.2) is 24.8 Å². The highest BCUT2D eigenvalue weighted by Crippen LogP contribution is 2.41. The molecule has 7 heteroatoms. The summed E-state index contributed by atoms with van der Waals surface area (Å²) in [6.45, 7) is 7.24. The first-order chi connectivity index (χ1) is 13.0. The molecule has 4 heterocycles. The van der Waals surface area contributed by atoms with Crippen LogP contribution in [0.4, 0.5) is 5.82 Å². The van der Waals surface area contributed by atoms with E-state index in [1.54, 1.807) is 18.7 Å². The van der Waals surface area contributed by atoms with Crippen molar-refractivity contribution in [2.45, 2.75) is 46.1 Å². The summed E-state index contributed by atoms with van der Waals surface area (Å²) in [5.74, 6) is 1.24. The predicted molar refractivity (Wildman–Crippen MR) is 102 cm³/mol. The van der Waals surface area contributed by atoms with Crippen molar-refractivity contribution in [2.24, 2.45) is 5.41 Å². The first kappa shape index (κ1) is 17.8. The Morgan fingerprint density at radius 1 is 1.00 bits per heavy atom. The van der Waals surface area contributed by atoms with E-state index in [4.69, 9.17) is 0 Å². The number of likely N-dealkylation sites (tertiary alicyclic amines) is 1. The van der Waals surface area contributed by atoms with Gasteiger partial charge in [0.05, 0.1) is 24.1 Å². The Balaban J connectivity index is 1.42. The molecule has 4 rings (SSSR count). The molecular formula is C20H26N6O. The first-order valence-corrected chi connectivity index (χ1v) is 9.62. The lowest BCUT2D eigenvalue weighted by Gasteiger charge is -2.47. The van der Waals surface area contributed by atoms with E-state index in [-0.39, 0.29) is 11.3 Å². The number of hydrogen-bond acceptors (Lipinski definition) is 6. The molecule has 27 heavy (non-hydrogen) atoms. The monoisotopic (exact) mass is 366 g/mol. The molecule has 2 fully saturated rings. The topological polar surface area (TPSA) is 75.1 Å². The average molecular weight is 366 g/mol. The number of carbonyl (C=O) groups is 1. The van der Waals surface area contributed by atoms with Gasteiger partial charge in [-0.2, -0.15) is 0 Å². The Kier molecular flexibility index (Phi) is 4.76. The SMILES string of the molecule is Cc1cnc(CN2CC3(CCC2=O)CCN(c2cc(C)ncn2)CC3)cn1. The van der Waals surface area contributed by atoms with Crippen molar-refractivity contribution in [3.8, 4) is 0 Å². The van der Waals surface area contributed by atoms with Gasteiger partial charge in [-0.1, -0.05) is 0 Å². The molecule has 0 atom stereocenters. The summed E-state index contributed by atoms with van der Waals surface area (Å²) < 4.78 is 0. The molecule has 0 N–H and O–H groups in total. The van der Waals surface area contributed by atoms with Gasteiger partial charge in [0, 0.05) is 44.0 Å². The lowest BCUT2D eigenvalue weighted by Crippen LogP contribution is -2.51. The van der Waals surface area contributed by atoms with Crippen molar-refractivity contribution in [3.63, 3.8) is 0 Å². The van der Waals surface area contributed by atoms with E-state index in [9.17, 15) is 4.79 Å². The van der Waals surface area contributed by atoms with E-state index in [0.29, 0.717) is 13.0 Å². The summed E-state index contributed by atoms with van der Waals surface area (Å²) in [6.07, 6.45) is 8.97. The molecular weight excluding hydrogens is 340 g/mol. The molecule has 2 aliphatic heterocycles. The van der Waals surface area contributed by atoms with E-state index in [1.807, 2.05) is 24.8 Å². The van der Waals surface area contributed by atoms with Crippen molar-refractivity contribution in [1.82, 2.24) is 24.8 Å². The number of carbonyl (C=O) groups excluding carboxylic acids is 1. The van der Waals surface area contributed by atoms with E-state index < -0.39 is 0 Å². The molecule has 0 unspecified atom stereocenters. The second-order valence-electron chi connectivity index (χ2n) is 7.90. The Hall–Kier alpha value is -2.57. The number of aromatic nitrogens is 4. The third-order valence-electron chi connectivity index (χ3n) is 5.87. The predicted octanol–water partition coefficient (Wildman–Crippen LogP) is 2.29. The van der Waals surface area contributed by atoms with Gasteiger partial charge in [0.1, 0.15) is 12.1 Å². The Morgan fingerprint density at radius 2 is 1.81 bits per heavy atom. The molecule has 2 aliphatic rings. The van der Waals surface area contributed by atoms with Crippen LogP contribution in [0.2, 0.25) is 0 Å². The molecule has 2 saturated heterocycles. The molecule has 0 saturated carbocycles. The van der Waals surface area contributed by atoms with E-state index in [1.165, 1.54) is 0 Å². The maximum Gasteiger partial charge on any atom is 0.222 e. The lowest BCUT2D eigenvalue weighted by atomic mass is 9.72. The molecule has 1 amide bonds. The number of nitrogens with zero attached hydrogens (tertiary/aromatic N) is 6. The van der Waals surface area contributed by atoms with Crippen molar-refractivity contribution in [2.75, 3.05) is 24.5 Å². The Labute approximate surface area is 159 Å². The fourth-order valence-corrected chi connectivity index (χ4v) is 4.17. The van der Waals surface area contributed by atoms with E-state index in [2.05, 4.69) is 24.8 Å². The fourth-order valence-electron chi connectivity index (χ4n) is 4.17. The summed E-state index contributed by atoms with van der Waals surface area (Å²) in [4.78, 5) is 34.1. The standard InChI is InChI=1S/C20H26N6O/c1-15-9-18(24-14-23-15)25-7-5-20(6-8-25)4-3-19(27)26(13-20)12-17-11-21-16(2)10-22-17/h9-11,14H,3-8,12-13H2,1-2H3. The Bertz CT molecular complexity index is 813. The van der Waals surface area contributed by atoms with Gasteiger partial charge < -0.3 is 9.80 Å². The summed E-state index contributed by atoms with van der Waals surface area (Å²) in [5, 5.41) is 0. The van der Waals surface area contributed by atoms with Crippen molar-refractivity contribution >= 4 is 11.7 Å². The smallest absolute Gasteiger partial charge is 0.222 e. The quantitative estimate of drug-likeness (QED) is 0.830. The maximum atomic E-state index is 12.5. The van der Waals surface area contributed by atoms with Crippen LogP contribution in [0.5, 0.6) is 0 Å². The third kappa shape index (κ3) is 3.91. The zero-order chi connectivity index (χ0) is 18.9. The van der Waals surface area contributed by atoms with Crippen LogP contribution in [0.25, 0.3) is 0 Å². The van der Waals surface area contributed by atoms with Crippen LogP contribution in [-0.4, -0.2) is 50.4 Å². The van der Waals surface area contributed by atoms with Gasteiger partial charge in [-0.25, -0.2) is 9.97 Å². The number of anilines is 1. The van der Waals surface area contributed by atoms with Gasteiger partial charge in [0.25, 0.3) is 0 Å². The van der Waals surface area contributed by atoms with Gasteiger partial charge in [-0.3, -0.25) is 14.8 Å². The van der Waals surface area contributed by atoms with Crippen molar-refractivity contribution < 1.29 is 4.79 Å². The second kappa shape index (κ2) is 7.21. The molecule has 2 aromatic rings. The number of piperidine rings is 2. The lowest BCUT2D eigenvalue weighted by molar-refractivity contribution is -0.139. The van der Waals surface area contributed by atoms with Gasteiger partial charge in [-0.15, -0.1) is 0 Å².